The summed E-state index contributed by atoms with van der Waals surface area (Å²) in [6.45, 7) is 0. The average Bonchev–Trinajstić information content (AvgIpc) is 3.54. The molecule has 2 heterocycles. The third-order valence-corrected chi connectivity index (χ3v) is 7.39. The predicted octanol–water partition coefficient (Wildman–Crippen LogP) is 2.88. The Morgan fingerprint density at radius 3 is 2.39 bits per heavy atom. The zero-order valence-electron chi connectivity index (χ0n) is 17.2. The Morgan fingerprint density at radius 1 is 0.935 bits per heavy atom. The van der Waals surface area contributed by atoms with Gasteiger partial charge in [-0.3, -0.25) is 14.5 Å². The summed E-state index contributed by atoms with van der Waals surface area (Å²) < 4.78 is 10.9. The molecule has 4 aliphatic rings. The Kier molecular flexibility index (Phi) is 3.91. The molecule has 1 saturated heterocycles. The molecule has 7 heteroatoms. The van der Waals surface area contributed by atoms with Gasteiger partial charge in [0.2, 0.25) is 11.8 Å². The molecule has 158 valence electrons. The molecule has 2 aromatic rings. The van der Waals surface area contributed by atoms with Crippen molar-refractivity contribution in [3.8, 4) is 11.5 Å². The fourth-order valence-corrected chi connectivity index (χ4v) is 6.19. The topological polar surface area (TPSA) is 77.4 Å². The molecule has 2 aromatic carbocycles. The molecule has 2 bridgehead atoms. The van der Waals surface area contributed by atoms with E-state index in [-0.39, 0.29) is 47.5 Å². The number of hydrogen-bond acceptors (Lipinski definition) is 6. The van der Waals surface area contributed by atoms with E-state index in [1.807, 2.05) is 48.5 Å². The number of carbonyl (C=O) groups excluding carboxylic acids is 2. The Morgan fingerprint density at radius 2 is 1.68 bits per heavy atom. The summed E-state index contributed by atoms with van der Waals surface area (Å²) in [5.41, 5.74) is 2.29. The van der Waals surface area contributed by atoms with Gasteiger partial charge in [0, 0.05) is 23.5 Å². The van der Waals surface area contributed by atoms with Crippen LogP contribution in [0.3, 0.4) is 0 Å². The number of rotatable bonds is 4. The van der Waals surface area contributed by atoms with Gasteiger partial charge >= 0.3 is 0 Å². The van der Waals surface area contributed by atoms with Gasteiger partial charge in [0.25, 0.3) is 0 Å². The van der Waals surface area contributed by atoms with Crippen LogP contribution in [0.1, 0.15) is 12.0 Å². The molecular weight excluding hydrogens is 396 g/mol. The second-order valence-electron chi connectivity index (χ2n) is 8.60. The Labute approximate surface area is 179 Å². The molecule has 2 aliphatic carbocycles. The largest absolute Gasteiger partial charge is 0.497 e. The first-order chi connectivity index (χ1) is 15.1. The van der Waals surface area contributed by atoms with E-state index in [4.69, 9.17) is 14.3 Å². The molecule has 7 nitrogen and oxygen atoms in total. The summed E-state index contributed by atoms with van der Waals surface area (Å²) in [5, 5.41) is 4.41. The summed E-state index contributed by atoms with van der Waals surface area (Å²) >= 11 is 0. The predicted molar refractivity (Wildman–Crippen MR) is 112 cm³/mol. The standard InChI is InChI=1S/C24H22N2O5/c1-29-13-8-9-14(17(10-13)30-2)21-20-15-11-16(22(20)31-25-21)19-18(15)23(27)26(24(19)28)12-6-4-3-5-7-12/h3-10,15-16,18-20,22H,11H2,1-2H3/t15-,16+,18-,19+,20-,22-/m1/s1. The van der Waals surface area contributed by atoms with Crippen molar-refractivity contribution in [2.24, 2.45) is 34.7 Å². The van der Waals surface area contributed by atoms with E-state index in [1.54, 1.807) is 14.2 Å². The molecular formula is C24H22N2O5. The number of imide groups is 1. The number of anilines is 1. The number of nitrogens with zero attached hydrogens (tertiary/aromatic N) is 2. The van der Waals surface area contributed by atoms with Crippen molar-refractivity contribution in [3.63, 3.8) is 0 Å². The molecule has 6 rings (SSSR count). The maximum atomic E-state index is 13.4. The van der Waals surface area contributed by atoms with E-state index in [0.29, 0.717) is 17.2 Å². The van der Waals surface area contributed by atoms with Crippen LogP contribution in [0.15, 0.2) is 53.7 Å². The van der Waals surface area contributed by atoms with Crippen molar-refractivity contribution in [2.45, 2.75) is 12.5 Å². The van der Waals surface area contributed by atoms with Crippen LogP contribution in [0.5, 0.6) is 11.5 Å². The van der Waals surface area contributed by atoms with Crippen molar-refractivity contribution in [1.82, 2.24) is 0 Å². The second kappa shape index (κ2) is 6.57. The summed E-state index contributed by atoms with van der Waals surface area (Å²) in [6, 6.07) is 14.8. The molecule has 3 fully saturated rings. The number of amides is 2. The van der Waals surface area contributed by atoms with Crippen LogP contribution in [0.4, 0.5) is 5.69 Å². The fraction of sp³-hybridized carbons (Fsp3) is 0.375. The first kappa shape index (κ1) is 18.4. The van der Waals surface area contributed by atoms with Gasteiger partial charge in [-0.25, -0.2) is 0 Å². The van der Waals surface area contributed by atoms with Gasteiger partial charge < -0.3 is 14.3 Å². The quantitative estimate of drug-likeness (QED) is 0.714. The minimum absolute atomic E-state index is 0.00402. The maximum Gasteiger partial charge on any atom is 0.238 e. The molecule has 0 spiro atoms. The van der Waals surface area contributed by atoms with Crippen molar-refractivity contribution in [2.75, 3.05) is 19.1 Å². The lowest BCUT2D eigenvalue weighted by Gasteiger charge is -2.30. The molecule has 0 N–H and O–H groups in total. The van der Waals surface area contributed by atoms with Crippen molar-refractivity contribution < 1.29 is 23.9 Å². The van der Waals surface area contributed by atoms with Gasteiger partial charge in [-0.2, -0.15) is 0 Å². The van der Waals surface area contributed by atoms with Gasteiger partial charge in [-0.15, -0.1) is 0 Å². The van der Waals surface area contributed by atoms with Crippen LogP contribution < -0.4 is 14.4 Å². The lowest BCUT2D eigenvalue weighted by Crippen LogP contribution is -2.41. The summed E-state index contributed by atoms with van der Waals surface area (Å²) in [4.78, 5) is 33.9. The first-order valence-electron chi connectivity index (χ1n) is 10.5. The fourth-order valence-electron chi connectivity index (χ4n) is 6.19. The molecule has 31 heavy (non-hydrogen) atoms. The molecule has 0 unspecified atom stereocenters. The van der Waals surface area contributed by atoms with Crippen LogP contribution in [0.25, 0.3) is 0 Å². The van der Waals surface area contributed by atoms with E-state index >= 15 is 0 Å². The van der Waals surface area contributed by atoms with Crippen LogP contribution in [-0.4, -0.2) is 37.8 Å². The number of benzene rings is 2. The van der Waals surface area contributed by atoms with E-state index in [9.17, 15) is 9.59 Å². The third-order valence-electron chi connectivity index (χ3n) is 7.39. The molecule has 2 amide bonds. The monoisotopic (exact) mass is 418 g/mol. The minimum atomic E-state index is -0.328. The highest BCUT2D eigenvalue weighted by Crippen LogP contribution is 2.62. The highest BCUT2D eigenvalue weighted by Gasteiger charge is 2.70. The van der Waals surface area contributed by atoms with Crippen molar-refractivity contribution in [1.29, 1.82) is 0 Å². The molecule has 0 aromatic heterocycles. The van der Waals surface area contributed by atoms with Crippen molar-refractivity contribution in [3.05, 3.63) is 54.1 Å². The number of oxime groups is 1. The van der Waals surface area contributed by atoms with Crippen LogP contribution in [-0.2, 0) is 14.4 Å². The van der Waals surface area contributed by atoms with Gasteiger partial charge in [0.1, 0.15) is 17.6 Å². The minimum Gasteiger partial charge on any atom is -0.497 e. The van der Waals surface area contributed by atoms with Crippen LogP contribution >= 0.6 is 0 Å². The second-order valence-corrected chi connectivity index (χ2v) is 8.60. The number of methoxy groups -OCH3 is 2. The number of carbonyl (C=O) groups is 2. The first-order valence-corrected chi connectivity index (χ1v) is 10.5. The zero-order chi connectivity index (χ0) is 21.3. The Balaban J connectivity index is 1.36. The summed E-state index contributed by atoms with van der Waals surface area (Å²) in [5.74, 6) is 0.490. The summed E-state index contributed by atoms with van der Waals surface area (Å²) in [6.07, 6.45) is 0.628. The Bertz CT molecular complexity index is 1110. The number of ether oxygens (including phenoxy) is 2. The van der Waals surface area contributed by atoms with Gasteiger partial charge in [0.05, 0.1) is 37.5 Å². The van der Waals surface area contributed by atoms with Gasteiger partial charge in [-0.05, 0) is 36.6 Å². The number of hydrogen-bond donors (Lipinski definition) is 0. The normalized spacial score (nSPS) is 32.6. The van der Waals surface area contributed by atoms with Gasteiger partial charge in [-0.1, -0.05) is 23.4 Å². The van der Waals surface area contributed by atoms with Crippen LogP contribution in [0.2, 0.25) is 0 Å². The Hall–Kier alpha value is -3.35. The molecule has 2 aliphatic heterocycles. The van der Waals surface area contributed by atoms with Gasteiger partial charge in [0.15, 0.2) is 0 Å². The average molecular weight is 418 g/mol. The highest BCUT2D eigenvalue weighted by molar-refractivity contribution is 6.23. The zero-order valence-corrected chi connectivity index (χ0v) is 17.2. The molecule has 0 radical (unpaired) electrons. The summed E-state index contributed by atoms with van der Waals surface area (Å²) in [7, 11) is 3.22. The lowest BCUT2D eigenvalue weighted by atomic mass is 9.71. The van der Waals surface area contributed by atoms with Crippen molar-refractivity contribution >= 4 is 23.2 Å². The van der Waals surface area contributed by atoms with E-state index in [0.717, 1.165) is 17.7 Å². The number of fused-ring (bicyclic) bond motifs is 8. The lowest BCUT2D eigenvalue weighted by molar-refractivity contribution is -0.125. The van der Waals surface area contributed by atoms with E-state index < -0.39 is 0 Å². The highest BCUT2D eigenvalue weighted by atomic mass is 16.6. The third kappa shape index (κ3) is 2.37. The SMILES string of the molecule is COc1ccc(C2=NO[C@@H]3[C@H]4C[C@H]([C@H]5C(=O)N(c6ccccc6)C(=O)[C@@H]45)[C@H]23)c(OC)c1. The van der Waals surface area contributed by atoms with Crippen LogP contribution in [0, 0.1) is 29.6 Å². The maximum absolute atomic E-state index is 13.4. The molecule has 2 saturated carbocycles. The number of para-hydroxylation sites is 1. The van der Waals surface area contributed by atoms with E-state index in [2.05, 4.69) is 5.16 Å². The smallest absolute Gasteiger partial charge is 0.238 e. The van der Waals surface area contributed by atoms with E-state index in [1.165, 1.54) is 4.90 Å². The molecule has 6 atom stereocenters.